The molecule has 0 unspecified atom stereocenters. The quantitative estimate of drug-likeness (QED) is 0.547. The number of rotatable bonds is 2. The Kier molecular flexibility index (Phi) is 4.57. The van der Waals surface area contributed by atoms with Crippen LogP contribution in [0.2, 0.25) is 5.02 Å². The molecule has 0 saturated carbocycles. The van der Waals surface area contributed by atoms with Gasteiger partial charge in [-0.05, 0) is 70.5 Å². The van der Waals surface area contributed by atoms with Gasteiger partial charge in [0.05, 0.1) is 6.54 Å². The van der Waals surface area contributed by atoms with Crippen LogP contribution in [0.15, 0.2) is 40.9 Å². The Morgan fingerprint density at radius 3 is 2.76 bits per heavy atom. The minimum Gasteiger partial charge on any atom is -0.308 e. The van der Waals surface area contributed by atoms with E-state index in [0.717, 1.165) is 22.1 Å². The van der Waals surface area contributed by atoms with E-state index < -0.39 is 0 Å². The molecule has 0 bridgehead atoms. The summed E-state index contributed by atoms with van der Waals surface area (Å²) in [6, 6.07) is 12.0. The minimum absolute atomic E-state index is 0.155. The highest BCUT2D eigenvalue weighted by molar-refractivity contribution is 14.1. The number of hydrogen-bond acceptors (Lipinski definition) is 1. The second-order valence-corrected chi connectivity index (χ2v) is 7.56. The van der Waals surface area contributed by atoms with Gasteiger partial charge in [-0.1, -0.05) is 33.6 Å². The Bertz CT molecular complexity index is 719. The van der Waals surface area contributed by atoms with E-state index in [1.165, 1.54) is 9.13 Å². The molecule has 0 aliphatic carbocycles. The summed E-state index contributed by atoms with van der Waals surface area (Å²) >= 11 is 12.0. The zero-order valence-electron chi connectivity index (χ0n) is 11.1. The Balaban J connectivity index is 1.96. The summed E-state index contributed by atoms with van der Waals surface area (Å²) in [5.41, 5.74) is 3.19. The highest BCUT2D eigenvalue weighted by Gasteiger charge is 2.24. The molecule has 0 saturated heterocycles. The molecule has 1 amide bonds. The summed E-state index contributed by atoms with van der Waals surface area (Å²) < 4.78 is 2.14. The Labute approximate surface area is 150 Å². The number of fused-ring (bicyclic) bond motifs is 1. The van der Waals surface area contributed by atoms with Crippen LogP contribution in [0.5, 0.6) is 0 Å². The van der Waals surface area contributed by atoms with Crippen LogP contribution in [0.3, 0.4) is 0 Å². The van der Waals surface area contributed by atoms with Crippen LogP contribution >= 0.6 is 50.1 Å². The minimum atomic E-state index is 0.155. The molecule has 0 fully saturated rings. The number of carbonyl (C=O) groups excluding carboxylic acids is 1. The zero-order valence-corrected chi connectivity index (χ0v) is 15.6. The molecule has 2 nitrogen and oxygen atoms in total. The van der Waals surface area contributed by atoms with Gasteiger partial charge in [0.1, 0.15) is 0 Å². The van der Waals surface area contributed by atoms with Crippen molar-refractivity contribution in [1.82, 2.24) is 0 Å². The third-order valence-electron chi connectivity index (χ3n) is 3.59. The highest BCUT2D eigenvalue weighted by atomic mass is 127. The van der Waals surface area contributed by atoms with Gasteiger partial charge in [0.2, 0.25) is 5.91 Å². The lowest BCUT2D eigenvalue weighted by Gasteiger charge is -2.30. The summed E-state index contributed by atoms with van der Waals surface area (Å²) in [6.45, 7) is 0.512. The lowest BCUT2D eigenvalue weighted by Crippen LogP contribution is -2.34. The van der Waals surface area contributed by atoms with Gasteiger partial charge in [-0.3, -0.25) is 4.79 Å². The molecule has 1 heterocycles. The molecular formula is C16H12BrClINO. The van der Waals surface area contributed by atoms with Crippen molar-refractivity contribution in [2.45, 2.75) is 19.4 Å². The van der Waals surface area contributed by atoms with E-state index in [4.69, 9.17) is 11.6 Å². The van der Waals surface area contributed by atoms with Crippen molar-refractivity contribution >= 4 is 61.7 Å². The summed E-state index contributed by atoms with van der Waals surface area (Å²) in [5, 5.41) is 0.676. The molecule has 1 aliphatic heterocycles. The average molecular weight is 477 g/mol. The smallest absolute Gasteiger partial charge is 0.227 e. The van der Waals surface area contributed by atoms with Crippen molar-refractivity contribution in [2.75, 3.05) is 4.90 Å². The lowest BCUT2D eigenvalue weighted by molar-refractivity contribution is -0.119. The van der Waals surface area contributed by atoms with Crippen LogP contribution in [0.25, 0.3) is 0 Å². The molecule has 21 heavy (non-hydrogen) atoms. The molecular weight excluding hydrogens is 464 g/mol. The van der Waals surface area contributed by atoms with E-state index in [1.54, 1.807) is 0 Å². The van der Waals surface area contributed by atoms with Gasteiger partial charge in [0, 0.05) is 25.2 Å². The fourth-order valence-corrected chi connectivity index (χ4v) is 3.81. The van der Waals surface area contributed by atoms with Gasteiger partial charge in [0.25, 0.3) is 0 Å². The maximum atomic E-state index is 12.3. The van der Waals surface area contributed by atoms with Gasteiger partial charge in [-0.2, -0.15) is 0 Å². The van der Waals surface area contributed by atoms with Gasteiger partial charge in [0.15, 0.2) is 0 Å². The Morgan fingerprint density at radius 1 is 1.19 bits per heavy atom. The van der Waals surface area contributed by atoms with Gasteiger partial charge < -0.3 is 4.90 Å². The predicted octanol–water partition coefficient (Wildman–Crippen LogP) is 5.19. The maximum absolute atomic E-state index is 12.3. The van der Waals surface area contributed by atoms with E-state index in [0.29, 0.717) is 18.0 Å². The molecule has 2 aromatic rings. The van der Waals surface area contributed by atoms with Gasteiger partial charge >= 0.3 is 0 Å². The Morgan fingerprint density at radius 2 is 2.00 bits per heavy atom. The van der Waals surface area contributed by atoms with Crippen molar-refractivity contribution in [3.8, 4) is 0 Å². The number of hydrogen-bond donors (Lipinski definition) is 0. The first-order valence-corrected chi connectivity index (χ1v) is 8.82. The maximum Gasteiger partial charge on any atom is 0.227 e. The van der Waals surface area contributed by atoms with Crippen molar-refractivity contribution in [3.63, 3.8) is 0 Å². The number of benzene rings is 2. The molecule has 0 radical (unpaired) electrons. The van der Waals surface area contributed by atoms with Crippen LogP contribution in [0.4, 0.5) is 5.69 Å². The Hall–Kier alpha value is -0.590. The number of halogens is 3. The number of nitrogens with zero attached hydrogens (tertiary/aromatic N) is 1. The molecule has 0 N–H and O–H groups in total. The van der Waals surface area contributed by atoms with E-state index in [9.17, 15) is 4.79 Å². The van der Waals surface area contributed by atoms with Crippen molar-refractivity contribution in [3.05, 3.63) is 60.6 Å². The average Bonchev–Trinajstić information content (AvgIpc) is 2.44. The molecule has 5 heteroatoms. The molecule has 3 rings (SSSR count). The third-order valence-corrected chi connectivity index (χ3v) is 5.10. The first kappa shape index (κ1) is 15.3. The van der Waals surface area contributed by atoms with E-state index in [1.807, 2.05) is 35.2 Å². The summed E-state index contributed by atoms with van der Waals surface area (Å²) in [5.74, 6) is 0.155. The van der Waals surface area contributed by atoms with Crippen molar-refractivity contribution < 1.29 is 4.79 Å². The first-order valence-electron chi connectivity index (χ1n) is 6.57. The van der Waals surface area contributed by atoms with E-state index in [-0.39, 0.29) is 5.91 Å². The molecule has 1 aliphatic rings. The normalized spacial score (nSPS) is 14.2. The van der Waals surface area contributed by atoms with Crippen molar-refractivity contribution in [2.24, 2.45) is 0 Å². The fourth-order valence-electron chi connectivity index (χ4n) is 2.52. The lowest BCUT2D eigenvalue weighted by atomic mass is 10.0. The van der Waals surface area contributed by atoms with Crippen LogP contribution in [-0.4, -0.2) is 5.91 Å². The molecule has 0 atom stereocenters. The first-order chi connectivity index (χ1) is 10.0. The number of aryl methyl sites for hydroxylation is 1. The SMILES string of the molecule is O=C1CCc2cc(I)ccc2N1Cc1ccc(Br)cc1Cl. The van der Waals surface area contributed by atoms with Crippen LogP contribution in [-0.2, 0) is 17.8 Å². The summed E-state index contributed by atoms with van der Waals surface area (Å²) in [7, 11) is 0. The highest BCUT2D eigenvalue weighted by Crippen LogP contribution is 2.32. The molecule has 0 spiro atoms. The van der Waals surface area contributed by atoms with Crippen LogP contribution in [0.1, 0.15) is 17.5 Å². The fraction of sp³-hybridized carbons (Fsp3) is 0.188. The summed E-state index contributed by atoms with van der Waals surface area (Å²) in [4.78, 5) is 14.1. The molecule has 0 aromatic heterocycles. The van der Waals surface area contributed by atoms with E-state index >= 15 is 0 Å². The second kappa shape index (κ2) is 6.26. The topological polar surface area (TPSA) is 20.3 Å². The monoisotopic (exact) mass is 475 g/mol. The number of amides is 1. The second-order valence-electron chi connectivity index (χ2n) is 4.99. The van der Waals surface area contributed by atoms with Gasteiger partial charge in [-0.15, -0.1) is 0 Å². The number of anilines is 1. The van der Waals surface area contributed by atoms with Crippen molar-refractivity contribution in [1.29, 1.82) is 0 Å². The largest absolute Gasteiger partial charge is 0.308 e. The van der Waals surface area contributed by atoms with Crippen LogP contribution < -0.4 is 4.90 Å². The molecule has 2 aromatic carbocycles. The zero-order chi connectivity index (χ0) is 15.0. The standard InChI is InChI=1S/C16H12BrClINO/c17-12-3-1-11(14(18)8-12)9-20-15-5-4-13(19)7-10(15)2-6-16(20)21/h1,3-5,7-8H,2,6,9H2. The van der Waals surface area contributed by atoms with E-state index in [2.05, 4.69) is 44.6 Å². The predicted molar refractivity (Wildman–Crippen MR) is 97.8 cm³/mol. The molecule has 108 valence electrons. The number of carbonyl (C=O) groups is 1. The van der Waals surface area contributed by atoms with Gasteiger partial charge in [-0.25, -0.2) is 0 Å². The van der Waals surface area contributed by atoms with Crippen LogP contribution in [0, 0.1) is 3.57 Å². The third kappa shape index (κ3) is 3.27. The summed E-state index contributed by atoms with van der Waals surface area (Å²) in [6.07, 6.45) is 1.37.